The molecule has 0 radical (unpaired) electrons. The zero-order chi connectivity index (χ0) is 13.6. The average molecular weight is 257 g/mol. The molecule has 4 heteroatoms. The van der Waals surface area contributed by atoms with Gasteiger partial charge in [-0.25, -0.2) is 0 Å². The van der Waals surface area contributed by atoms with E-state index in [2.05, 4.69) is 23.9 Å². The van der Waals surface area contributed by atoms with Crippen molar-refractivity contribution in [2.75, 3.05) is 20.2 Å². The number of methoxy groups -OCH3 is 1. The molecule has 0 aromatic rings. The molecule has 106 valence electrons. The van der Waals surface area contributed by atoms with E-state index in [0.717, 1.165) is 38.6 Å². The molecule has 1 rings (SSSR count). The summed E-state index contributed by atoms with van der Waals surface area (Å²) in [7, 11) is 1.41. The molecule has 4 nitrogen and oxygen atoms in total. The van der Waals surface area contributed by atoms with Gasteiger partial charge in [0.25, 0.3) is 0 Å². The van der Waals surface area contributed by atoms with Crippen molar-refractivity contribution in [3.8, 4) is 0 Å². The molecule has 2 N–H and O–H groups in total. The number of aliphatic hydroxyl groups is 1. The van der Waals surface area contributed by atoms with Gasteiger partial charge in [-0.3, -0.25) is 4.79 Å². The lowest BCUT2D eigenvalue weighted by Crippen LogP contribution is -2.45. The fourth-order valence-electron chi connectivity index (χ4n) is 2.35. The first-order chi connectivity index (χ1) is 8.37. The number of ether oxygens (including phenoxy) is 1. The van der Waals surface area contributed by atoms with Crippen molar-refractivity contribution in [1.29, 1.82) is 0 Å². The molecule has 0 saturated heterocycles. The van der Waals surface area contributed by atoms with Crippen molar-refractivity contribution >= 4 is 5.97 Å². The minimum Gasteiger partial charge on any atom is -0.469 e. The Morgan fingerprint density at radius 2 is 1.89 bits per heavy atom. The second-order valence-electron chi connectivity index (χ2n) is 6.25. The maximum atomic E-state index is 10.9. The van der Waals surface area contributed by atoms with Crippen LogP contribution < -0.4 is 5.32 Å². The van der Waals surface area contributed by atoms with E-state index in [1.807, 2.05) is 0 Å². The highest BCUT2D eigenvalue weighted by Crippen LogP contribution is 2.39. The third-order valence-corrected chi connectivity index (χ3v) is 3.95. The predicted molar refractivity (Wildman–Crippen MR) is 71.3 cm³/mol. The Labute approximate surface area is 110 Å². The summed E-state index contributed by atoms with van der Waals surface area (Å²) in [6.07, 6.45) is 5.08. The van der Waals surface area contributed by atoms with Crippen LogP contribution in [0.15, 0.2) is 0 Å². The lowest BCUT2D eigenvalue weighted by atomic mass is 9.71. The second kappa shape index (κ2) is 6.53. The van der Waals surface area contributed by atoms with Crippen LogP contribution in [-0.2, 0) is 9.53 Å². The van der Waals surface area contributed by atoms with Crippen molar-refractivity contribution in [3.63, 3.8) is 0 Å². The van der Waals surface area contributed by atoms with Crippen molar-refractivity contribution < 1.29 is 14.6 Å². The van der Waals surface area contributed by atoms with Crippen LogP contribution >= 0.6 is 0 Å². The molecular weight excluding hydrogens is 230 g/mol. The van der Waals surface area contributed by atoms with Crippen LogP contribution in [0.2, 0.25) is 0 Å². The summed E-state index contributed by atoms with van der Waals surface area (Å²) in [5, 5.41) is 13.6. The number of hydrogen-bond acceptors (Lipinski definition) is 4. The van der Waals surface area contributed by atoms with Gasteiger partial charge in [0.15, 0.2) is 0 Å². The molecule has 0 aromatic heterocycles. The van der Waals surface area contributed by atoms with E-state index in [-0.39, 0.29) is 5.97 Å². The van der Waals surface area contributed by atoms with Crippen LogP contribution in [0.5, 0.6) is 0 Å². The van der Waals surface area contributed by atoms with Gasteiger partial charge in [-0.05, 0) is 44.1 Å². The summed E-state index contributed by atoms with van der Waals surface area (Å²) in [5.41, 5.74) is -0.183. The monoisotopic (exact) mass is 257 g/mol. The van der Waals surface area contributed by atoms with Gasteiger partial charge >= 0.3 is 5.97 Å². The first-order valence-electron chi connectivity index (χ1n) is 6.87. The van der Waals surface area contributed by atoms with Gasteiger partial charge in [-0.1, -0.05) is 13.8 Å². The molecule has 0 atom stereocenters. The van der Waals surface area contributed by atoms with E-state index in [9.17, 15) is 9.90 Å². The summed E-state index contributed by atoms with van der Waals surface area (Å²) in [6.45, 7) is 5.90. The summed E-state index contributed by atoms with van der Waals surface area (Å²) in [4.78, 5) is 10.9. The lowest BCUT2D eigenvalue weighted by molar-refractivity contribution is -0.140. The summed E-state index contributed by atoms with van der Waals surface area (Å²) >= 11 is 0. The van der Waals surface area contributed by atoms with E-state index < -0.39 is 5.60 Å². The van der Waals surface area contributed by atoms with E-state index in [1.54, 1.807) is 0 Å². The Morgan fingerprint density at radius 1 is 1.28 bits per heavy atom. The maximum Gasteiger partial charge on any atom is 0.305 e. The number of carbonyl (C=O) groups is 1. The third kappa shape index (κ3) is 5.36. The van der Waals surface area contributed by atoms with Crippen molar-refractivity contribution in [2.24, 2.45) is 5.41 Å². The van der Waals surface area contributed by atoms with E-state index in [1.165, 1.54) is 7.11 Å². The number of esters is 1. The van der Waals surface area contributed by atoms with Crippen LogP contribution in [-0.4, -0.2) is 36.9 Å². The predicted octanol–water partition coefficient (Wildman–Crippen LogP) is 1.86. The van der Waals surface area contributed by atoms with Crippen molar-refractivity contribution in [3.05, 3.63) is 0 Å². The highest BCUT2D eigenvalue weighted by atomic mass is 16.5. The molecule has 0 amide bonds. The summed E-state index contributed by atoms with van der Waals surface area (Å²) in [5.74, 6) is -0.171. The van der Waals surface area contributed by atoms with E-state index in [0.29, 0.717) is 18.4 Å². The van der Waals surface area contributed by atoms with Crippen LogP contribution in [0.4, 0.5) is 0 Å². The lowest BCUT2D eigenvalue weighted by Gasteiger charge is -2.40. The van der Waals surface area contributed by atoms with Gasteiger partial charge in [-0.15, -0.1) is 0 Å². The van der Waals surface area contributed by atoms with Crippen molar-refractivity contribution in [2.45, 2.75) is 58.0 Å². The molecule has 0 heterocycles. The zero-order valence-corrected chi connectivity index (χ0v) is 11.9. The van der Waals surface area contributed by atoms with Gasteiger partial charge in [0.2, 0.25) is 0 Å². The quantitative estimate of drug-likeness (QED) is 0.563. The molecule has 0 unspecified atom stereocenters. The van der Waals surface area contributed by atoms with E-state index >= 15 is 0 Å². The average Bonchev–Trinajstić information content (AvgIpc) is 2.33. The Bertz CT molecular complexity index is 266. The number of rotatable bonds is 6. The standard InChI is InChI=1S/C14H27NO3/c1-13(2)6-8-14(17,9-7-13)11-15-10-4-5-12(16)18-3/h15,17H,4-11H2,1-3H3. The van der Waals surface area contributed by atoms with Crippen LogP contribution in [0.25, 0.3) is 0 Å². The number of hydrogen-bond donors (Lipinski definition) is 2. The van der Waals surface area contributed by atoms with Crippen LogP contribution in [0, 0.1) is 5.41 Å². The minimum absolute atomic E-state index is 0.171. The molecule has 0 aromatic carbocycles. The first kappa shape index (κ1) is 15.4. The first-order valence-corrected chi connectivity index (χ1v) is 6.87. The fraction of sp³-hybridized carbons (Fsp3) is 0.929. The smallest absolute Gasteiger partial charge is 0.305 e. The molecule has 0 aliphatic heterocycles. The SMILES string of the molecule is COC(=O)CCCNCC1(O)CCC(C)(C)CC1. The molecule has 1 aliphatic rings. The zero-order valence-electron chi connectivity index (χ0n) is 11.9. The largest absolute Gasteiger partial charge is 0.469 e. The van der Waals surface area contributed by atoms with E-state index in [4.69, 9.17) is 0 Å². The Morgan fingerprint density at radius 3 is 2.44 bits per heavy atom. The van der Waals surface area contributed by atoms with Crippen LogP contribution in [0.1, 0.15) is 52.4 Å². The Hall–Kier alpha value is -0.610. The normalized spacial score (nSPS) is 21.6. The van der Waals surface area contributed by atoms with Gasteiger partial charge < -0.3 is 15.2 Å². The summed E-state index contributed by atoms with van der Waals surface area (Å²) in [6, 6.07) is 0. The third-order valence-electron chi connectivity index (χ3n) is 3.95. The maximum absolute atomic E-state index is 10.9. The van der Waals surface area contributed by atoms with Crippen molar-refractivity contribution in [1.82, 2.24) is 5.32 Å². The van der Waals surface area contributed by atoms with Crippen LogP contribution in [0.3, 0.4) is 0 Å². The number of carbonyl (C=O) groups excluding carboxylic acids is 1. The molecule has 1 aliphatic carbocycles. The molecular formula is C14H27NO3. The minimum atomic E-state index is -0.555. The molecule has 18 heavy (non-hydrogen) atoms. The molecule has 1 fully saturated rings. The van der Waals surface area contributed by atoms with Gasteiger partial charge in [0, 0.05) is 13.0 Å². The summed E-state index contributed by atoms with van der Waals surface area (Å²) < 4.78 is 4.57. The Balaban J connectivity index is 2.14. The van der Waals surface area contributed by atoms with Gasteiger partial charge in [0.05, 0.1) is 12.7 Å². The molecule has 0 spiro atoms. The highest BCUT2D eigenvalue weighted by molar-refractivity contribution is 5.69. The molecule has 1 saturated carbocycles. The topological polar surface area (TPSA) is 58.6 Å². The Kier molecular flexibility index (Phi) is 5.60. The second-order valence-corrected chi connectivity index (χ2v) is 6.25. The molecule has 0 bridgehead atoms. The number of nitrogens with one attached hydrogen (secondary N) is 1. The van der Waals surface area contributed by atoms with Gasteiger partial charge in [0.1, 0.15) is 0 Å². The highest BCUT2D eigenvalue weighted by Gasteiger charge is 2.36. The fourth-order valence-corrected chi connectivity index (χ4v) is 2.35. The van der Waals surface area contributed by atoms with Gasteiger partial charge in [-0.2, -0.15) is 0 Å².